The summed E-state index contributed by atoms with van der Waals surface area (Å²) >= 11 is 0.997. The number of rotatable bonds is 4. The van der Waals surface area contributed by atoms with Crippen LogP contribution in [0.5, 0.6) is 0 Å². The molecule has 1 aliphatic heterocycles. The third-order valence-corrected chi connectivity index (χ3v) is 3.96. The van der Waals surface area contributed by atoms with Crippen molar-refractivity contribution in [3.8, 4) is 0 Å². The second kappa shape index (κ2) is 6.83. The minimum absolute atomic E-state index is 0. The van der Waals surface area contributed by atoms with Crippen molar-refractivity contribution in [2.75, 3.05) is 26.7 Å². The molecule has 1 atom stereocenters. The molecule has 1 aliphatic rings. The molecule has 0 aromatic carbocycles. The van der Waals surface area contributed by atoms with Crippen molar-refractivity contribution < 1.29 is 9.72 Å². The summed E-state index contributed by atoms with van der Waals surface area (Å²) in [5.74, 6) is 0.380. The zero-order valence-corrected chi connectivity index (χ0v) is 12.1. The van der Waals surface area contributed by atoms with Crippen molar-refractivity contribution in [3.05, 3.63) is 27.1 Å². The Morgan fingerprint density at radius 1 is 1.68 bits per heavy atom. The third kappa shape index (κ3) is 3.65. The van der Waals surface area contributed by atoms with E-state index in [0.717, 1.165) is 37.4 Å². The molecule has 19 heavy (non-hydrogen) atoms. The summed E-state index contributed by atoms with van der Waals surface area (Å²) in [5, 5.41) is 15.3. The lowest BCUT2D eigenvalue weighted by molar-refractivity contribution is -0.380. The van der Waals surface area contributed by atoms with Crippen molar-refractivity contribution >= 4 is 34.7 Å². The lowest BCUT2D eigenvalue weighted by Crippen LogP contribution is -2.30. The Kier molecular flexibility index (Phi) is 5.71. The second-order valence-electron chi connectivity index (χ2n) is 4.39. The predicted molar refractivity (Wildman–Crippen MR) is 76.2 cm³/mol. The highest BCUT2D eigenvalue weighted by Crippen LogP contribution is 2.25. The molecule has 8 heteroatoms. The van der Waals surface area contributed by atoms with Crippen molar-refractivity contribution in [1.29, 1.82) is 0 Å². The SMILES string of the molecule is CNCC1CCN(C(=O)c2csc([N+](=O)[O-])c2)C1.Cl. The average molecular weight is 306 g/mol. The quantitative estimate of drug-likeness (QED) is 0.679. The van der Waals surface area contributed by atoms with Gasteiger partial charge in [-0.25, -0.2) is 0 Å². The maximum absolute atomic E-state index is 12.1. The number of nitrogens with one attached hydrogen (secondary N) is 1. The van der Waals surface area contributed by atoms with E-state index in [1.807, 2.05) is 7.05 Å². The van der Waals surface area contributed by atoms with Crippen LogP contribution in [-0.2, 0) is 0 Å². The lowest BCUT2D eigenvalue weighted by Gasteiger charge is -2.15. The number of hydrogen-bond acceptors (Lipinski definition) is 5. The molecule has 106 valence electrons. The maximum atomic E-state index is 12.1. The van der Waals surface area contributed by atoms with E-state index in [2.05, 4.69) is 5.32 Å². The molecule has 1 aromatic heterocycles. The van der Waals surface area contributed by atoms with E-state index in [4.69, 9.17) is 0 Å². The van der Waals surface area contributed by atoms with Gasteiger partial charge in [0.05, 0.1) is 10.5 Å². The number of carbonyl (C=O) groups is 1. The molecule has 0 saturated carbocycles. The molecule has 0 bridgehead atoms. The fourth-order valence-electron chi connectivity index (χ4n) is 2.19. The van der Waals surface area contributed by atoms with E-state index in [0.29, 0.717) is 11.5 Å². The van der Waals surface area contributed by atoms with Crippen LogP contribution >= 0.6 is 23.7 Å². The first-order chi connectivity index (χ1) is 8.61. The predicted octanol–water partition coefficient (Wildman–Crippen LogP) is 1.76. The average Bonchev–Trinajstić information content (AvgIpc) is 2.97. The first kappa shape index (κ1) is 15.9. The number of hydrogen-bond donors (Lipinski definition) is 1. The molecule has 0 aliphatic carbocycles. The second-order valence-corrected chi connectivity index (χ2v) is 5.28. The molecule has 6 nitrogen and oxygen atoms in total. The zero-order valence-electron chi connectivity index (χ0n) is 10.5. The normalized spacial score (nSPS) is 18.2. The maximum Gasteiger partial charge on any atom is 0.324 e. The summed E-state index contributed by atoms with van der Waals surface area (Å²) in [6.45, 7) is 2.35. The van der Waals surface area contributed by atoms with Crippen LogP contribution in [0.4, 0.5) is 5.00 Å². The van der Waals surface area contributed by atoms with E-state index in [1.54, 1.807) is 10.3 Å². The fourth-order valence-corrected chi connectivity index (χ4v) is 2.89. The van der Waals surface area contributed by atoms with Gasteiger partial charge in [0, 0.05) is 24.5 Å². The van der Waals surface area contributed by atoms with Crippen LogP contribution in [0.25, 0.3) is 0 Å². The fraction of sp³-hybridized carbons (Fsp3) is 0.545. The molecule has 0 spiro atoms. The summed E-state index contributed by atoms with van der Waals surface area (Å²) in [7, 11) is 1.90. The molecule has 1 amide bonds. The summed E-state index contributed by atoms with van der Waals surface area (Å²) in [4.78, 5) is 24.0. The van der Waals surface area contributed by atoms with Gasteiger partial charge in [-0.3, -0.25) is 14.9 Å². The molecular formula is C11H16ClN3O3S. The van der Waals surface area contributed by atoms with Gasteiger partial charge in [0.1, 0.15) is 0 Å². The van der Waals surface area contributed by atoms with Crippen molar-refractivity contribution in [2.45, 2.75) is 6.42 Å². The Bertz CT molecular complexity index is 466. The summed E-state index contributed by atoms with van der Waals surface area (Å²) in [6, 6.07) is 1.36. The van der Waals surface area contributed by atoms with Gasteiger partial charge in [-0.2, -0.15) is 0 Å². The van der Waals surface area contributed by atoms with E-state index < -0.39 is 4.92 Å². The first-order valence-electron chi connectivity index (χ1n) is 5.78. The van der Waals surface area contributed by atoms with E-state index in [1.165, 1.54) is 6.07 Å². The summed E-state index contributed by atoms with van der Waals surface area (Å²) < 4.78 is 0. The molecular weight excluding hydrogens is 290 g/mol. The molecule has 0 radical (unpaired) electrons. The van der Waals surface area contributed by atoms with Gasteiger partial charge in [0.2, 0.25) is 0 Å². The molecule has 2 rings (SSSR count). The minimum atomic E-state index is -0.463. The monoisotopic (exact) mass is 305 g/mol. The van der Waals surface area contributed by atoms with E-state index >= 15 is 0 Å². The number of carbonyl (C=O) groups excluding carboxylic acids is 1. The van der Waals surface area contributed by atoms with Gasteiger partial charge in [-0.15, -0.1) is 12.4 Å². The van der Waals surface area contributed by atoms with Gasteiger partial charge in [0.15, 0.2) is 0 Å². The number of likely N-dealkylation sites (tertiary alicyclic amines) is 1. The van der Waals surface area contributed by atoms with Crippen molar-refractivity contribution in [2.24, 2.45) is 5.92 Å². The summed E-state index contributed by atoms with van der Waals surface area (Å²) in [6.07, 6.45) is 0.985. The van der Waals surface area contributed by atoms with Gasteiger partial charge >= 0.3 is 5.00 Å². The Labute approximate surface area is 121 Å². The van der Waals surface area contributed by atoms with Crippen LogP contribution in [0.15, 0.2) is 11.4 Å². The van der Waals surface area contributed by atoms with Crippen LogP contribution in [0.3, 0.4) is 0 Å². The molecule has 1 unspecified atom stereocenters. The highest BCUT2D eigenvalue weighted by Gasteiger charge is 2.27. The van der Waals surface area contributed by atoms with Gasteiger partial charge < -0.3 is 10.2 Å². The number of thiophene rings is 1. The van der Waals surface area contributed by atoms with Crippen LogP contribution < -0.4 is 5.32 Å². The highest BCUT2D eigenvalue weighted by molar-refractivity contribution is 7.13. The zero-order chi connectivity index (χ0) is 13.1. The Morgan fingerprint density at radius 3 is 3.00 bits per heavy atom. The van der Waals surface area contributed by atoms with E-state index in [-0.39, 0.29) is 23.3 Å². The summed E-state index contributed by atoms with van der Waals surface area (Å²) in [5.41, 5.74) is 0.428. The highest BCUT2D eigenvalue weighted by atomic mass is 35.5. The molecule has 1 fully saturated rings. The Morgan fingerprint density at radius 2 is 2.42 bits per heavy atom. The molecule has 1 saturated heterocycles. The van der Waals surface area contributed by atoms with Crippen LogP contribution in [-0.4, -0.2) is 42.4 Å². The van der Waals surface area contributed by atoms with Gasteiger partial charge in [0.25, 0.3) is 5.91 Å². The van der Waals surface area contributed by atoms with E-state index in [9.17, 15) is 14.9 Å². The van der Waals surface area contributed by atoms with Crippen LogP contribution in [0.2, 0.25) is 0 Å². The molecule has 1 N–H and O–H groups in total. The van der Waals surface area contributed by atoms with Crippen molar-refractivity contribution in [1.82, 2.24) is 10.2 Å². The topological polar surface area (TPSA) is 75.5 Å². The number of nitro groups is 1. The van der Waals surface area contributed by atoms with Gasteiger partial charge in [-0.05, 0) is 25.9 Å². The first-order valence-corrected chi connectivity index (χ1v) is 6.66. The Hall–Kier alpha value is -1.18. The minimum Gasteiger partial charge on any atom is -0.338 e. The van der Waals surface area contributed by atoms with Crippen molar-refractivity contribution in [3.63, 3.8) is 0 Å². The Balaban J connectivity index is 0.00000180. The van der Waals surface area contributed by atoms with Crippen LogP contribution in [0.1, 0.15) is 16.8 Å². The number of halogens is 1. The number of amides is 1. The largest absolute Gasteiger partial charge is 0.338 e. The van der Waals surface area contributed by atoms with Gasteiger partial charge in [-0.1, -0.05) is 11.3 Å². The standard InChI is InChI=1S/C11H15N3O3S.ClH/c1-12-5-8-2-3-13(6-8)11(15)9-4-10(14(16)17)18-7-9;/h4,7-8,12H,2-3,5-6H2,1H3;1H. The van der Waals surface area contributed by atoms with Crippen LogP contribution in [0, 0.1) is 16.0 Å². The molecule has 1 aromatic rings. The lowest BCUT2D eigenvalue weighted by atomic mass is 10.1. The smallest absolute Gasteiger partial charge is 0.324 e. The number of nitrogens with zero attached hydrogens (tertiary/aromatic N) is 2. The molecule has 2 heterocycles. The third-order valence-electron chi connectivity index (χ3n) is 3.08.